The number of carboxylic acid groups (broad SMARTS) is 1. The summed E-state index contributed by atoms with van der Waals surface area (Å²) in [6.45, 7) is 0. The second-order valence-electron chi connectivity index (χ2n) is 4.34. The molecule has 1 heterocycles. The Labute approximate surface area is 129 Å². The lowest BCUT2D eigenvalue weighted by Gasteiger charge is -2.27. The first-order valence-corrected chi connectivity index (χ1v) is 8.22. The van der Waals surface area contributed by atoms with E-state index < -0.39 is 17.4 Å². The van der Waals surface area contributed by atoms with Gasteiger partial charge in [-0.05, 0) is 6.07 Å². The van der Waals surface area contributed by atoms with Crippen LogP contribution in [0.1, 0.15) is 17.4 Å². The number of thioether (sulfide) groups is 1. The highest BCUT2D eigenvalue weighted by Gasteiger charge is 2.42. The highest BCUT2D eigenvalue weighted by molar-refractivity contribution is 9.09. The molecule has 1 aliphatic rings. The summed E-state index contributed by atoms with van der Waals surface area (Å²) >= 11 is 4.55. The Balaban J connectivity index is 2.34. The summed E-state index contributed by atoms with van der Waals surface area (Å²) in [5.41, 5.74) is 0.573. The number of carbonyl (C=O) groups is 2. The van der Waals surface area contributed by atoms with Crippen molar-refractivity contribution in [2.24, 2.45) is 0 Å². The zero-order chi connectivity index (χ0) is 14.7. The van der Waals surface area contributed by atoms with Crippen molar-refractivity contribution < 1.29 is 19.8 Å². The first-order chi connectivity index (χ1) is 9.56. The first-order valence-electron chi connectivity index (χ1n) is 6.05. The number of aliphatic carboxylic acids is 1. The molecule has 2 rings (SSSR count). The molecule has 1 aliphatic heterocycles. The summed E-state index contributed by atoms with van der Waals surface area (Å²) in [5.74, 6) is -0.846. The number of benzene rings is 1. The molecule has 0 bridgehead atoms. The number of aromatic hydroxyl groups is 1. The van der Waals surface area contributed by atoms with Gasteiger partial charge in [0, 0.05) is 23.1 Å². The van der Waals surface area contributed by atoms with Crippen LogP contribution < -0.4 is 0 Å². The fourth-order valence-corrected chi connectivity index (χ4v) is 3.96. The van der Waals surface area contributed by atoms with Crippen molar-refractivity contribution in [1.29, 1.82) is 0 Å². The van der Waals surface area contributed by atoms with Crippen LogP contribution in [0.4, 0.5) is 0 Å². The van der Waals surface area contributed by atoms with Gasteiger partial charge in [-0.25, -0.2) is 4.79 Å². The number of hydrogen-bond acceptors (Lipinski definition) is 4. The zero-order valence-corrected chi connectivity index (χ0v) is 12.9. The minimum Gasteiger partial charge on any atom is -0.508 e. The molecule has 1 fully saturated rings. The van der Waals surface area contributed by atoms with Crippen LogP contribution in [0.15, 0.2) is 24.3 Å². The van der Waals surface area contributed by atoms with Gasteiger partial charge in [-0.1, -0.05) is 34.1 Å². The molecule has 0 saturated carbocycles. The number of para-hydroxylation sites is 1. The lowest BCUT2D eigenvalue weighted by Crippen LogP contribution is -2.43. The Kier molecular flexibility index (Phi) is 4.93. The minimum absolute atomic E-state index is 0.0766. The van der Waals surface area contributed by atoms with Gasteiger partial charge in [-0.2, -0.15) is 0 Å². The molecule has 108 valence electrons. The molecule has 7 heteroatoms. The average Bonchev–Trinajstić information content (AvgIpc) is 2.84. The lowest BCUT2D eigenvalue weighted by atomic mass is 10.1. The Bertz CT molecular complexity index is 525. The third kappa shape index (κ3) is 2.93. The van der Waals surface area contributed by atoms with Gasteiger partial charge >= 0.3 is 5.97 Å². The van der Waals surface area contributed by atoms with E-state index in [2.05, 4.69) is 15.9 Å². The standard InChI is InChI=1S/C13H14BrNO4S/c14-6-5-11(17)15-9(13(18)19)7-20-12(15)8-3-1-2-4-10(8)16/h1-4,9,12,16H,5-7H2,(H,18,19)/t9-,12?/m0/s1. The van der Waals surface area contributed by atoms with Gasteiger partial charge in [-0.15, -0.1) is 11.8 Å². The highest BCUT2D eigenvalue weighted by Crippen LogP contribution is 2.44. The molecule has 1 saturated heterocycles. The summed E-state index contributed by atoms with van der Waals surface area (Å²) in [4.78, 5) is 24.9. The summed E-state index contributed by atoms with van der Waals surface area (Å²) in [6, 6.07) is 5.85. The van der Waals surface area contributed by atoms with Crippen LogP contribution in [0.3, 0.4) is 0 Å². The number of hydrogen-bond donors (Lipinski definition) is 2. The Morgan fingerprint density at radius 3 is 2.70 bits per heavy atom. The molecule has 5 nitrogen and oxygen atoms in total. The van der Waals surface area contributed by atoms with E-state index in [1.165, 1.54) is 22.7 Å². The molecule has 0 aliphatic carbocycles. The number of amides is 1. The van der Waals surface area contributed by atoms with Crippen molar-refractivity contribution >= 4 is 39.6 Å². The van der Waals surface area contributed by atoms with E-state index in [1.807, 2.05) is 0 Å². The summed E-state index contributed by atoms with van der Waals surface area (Å²) < 4.78 is 0. The van der Waals surface area contributed by atoms with Gasteiger partial charge in [0.15, 0.2) is 0 Å². The molecule has 20 heavy (non-hydrogen) atoms. The van der Waals surface area contributed by atoms with Crippen LogP contribution in [-0.4, -0.2) is 44.1 Å². The van der Waals surface area contributed by atoms with Crippen LogP contribution in [0.2, 0.25) is 0 Å². The van der Waals surface area contributed by atoms with E-state index in [0.29, 0.717) is 16.6 Å². The highest BCUT2D eigenvalue weighted by atomic mass is 79.9. The van der Waals surface area contributed by atoms with E-state index in [-0.39, 0.29) is 18.1 Å². The number of carboxylic acids is 1. The molecule has 1 amide bonds. The molecule has 1 aromatic rings. The Morgan fingerprint density at radius 1 is 1.40 bits per heavy atom. The number of phenols is 1. The quantitative estimate of drug-likeness (QED) is 0.805. The molecule has 0 spiro atoms. The Hall–Kier alpha value is -1.21. The van der Waals surface area contributed by atoms with Crippen molar-refractivity contribution in [2.75, 3.05) is 11.1 Å². The van der Waals surface area contributed by atoms with E-state index in [1.54, 1.807) is 18.2 Å². The van der Waals surface area contributed by atoms with E-state index in [0.717, 1.165) is 0 Å². The molecule has 1 aromatic carbocycles. The van der Waals surface area contributed by atoms with Crippen molar-refractivity contribution in [2.45, 2.75) is 17.8 Å². The predicted octanol–water partition coefficient (Wildman–Crippen LogP) is 2.20. The SMILES string of the molecule is O=C(O)[C@@H]1CSC(c2ccccc2O)N1C(=O)CCBr. The van der Waals surface area contributed by atoms with Gasteiger partial charge in [0.05, 0.1) is 0 Å². The van der Waals surface area contributed by atoms with E-state index in [9.17, 15) is 19.8 Å². The van der Waals surface area contributed by atoms with Gasteiger partial charge in [0.25, 0.3) is 0 Å². The summed E-state index contributed by atoms with van der Waals surface area (Å²) in [5, 5.41) is 19.2. The third-order valence-electron chi connectivity index (χ3n) is 3.08. The molecule has 2 N–H and O–H groups in total. The van der Waals surface area contributed by atoms with Crippen molar-refractivity contribution in [3.05, 3.63) is 29.8 Å². The first kappa shape index (κ1) is 15.2. The van der Waals surface area contributed by atoms with E-state index in [4.69, 9.17) is 0 Å². The normalized spacial score (nSPS) is 21.9. The number of nitrogens with zero attached hydrogens (tertiary/aromatic N) is 1. The van der Waals surface area contributed by atoms with Gasteiger partial charge in [-0.3, -0.25) is 4.79 Å². The van der Waals surface area contributed by atoms with Crippen LogP contribution in [0.5, 0.6) is 5.75 Å². The maximum absolute atomic E-state index is 12.2. The maximum atomic E-state index is 12.2. The van der Waals surface area contributed by atoms with Crippen LogP contribution in [0, 0.1) is 0 Å². The lowest BCUT2D eigenvalue weighted by molar-refractivity contribution is -0.149. The number of phenolic OH excluding ortho intramolecular Hbond substituents is 1. The Morgan fingerprint density at radius 2 is 2.10 bits per heavy atom. The molecule has 1 unspecified atom stereocenters. The largest absolute Gasteiger partial charge is 0.508 e. The predicted molar refractivity (Wildman–Crippen MR) is 80.0 cm³/mol. The fraction of sp³-hybridized carbons (Fsp3) is 0.385. The fourth-order valence-electron chi connectivity index (χ4n) is 2.15. The molecule has 0 aromatic heterocycles. The average molecular weight is 360 g/mol. The number of carbonyl (C=O) groups excluding carboxylic acids is 1. The smallest absolute Gasteiger partial charge is 0.327 e. The van der Waals surface area contributed by atoms with Crippen molar-refractivity contribution in [3.8, 4) is 5.75 Å². The number of halogens is 1. The molecular formula is C13H14BrNO4S. The van der Waals surface area contributed by atoms with Crippen molar-refractivity contribution in [1.82, 2.24) is 4.90 Å². The molecule has 0 radical (unpaired) electrons. The van der Waals surface area contributed by atoms with Gasteiger partial charge in [0.2, 0.25) is 5.91 Å². The topological polar surface area (TPSA) is 77.8 Å². The van der Waals surface area contributed by atoms with E-state index >= 15 is 0 Å². The van der Waals surface area contributed by atoms with Crippen LogP contribution in [-0.2, 0) is 9.59 Å². The zero-order valence-electron chi connectivity index (χ0n) is 10.5. The second-order valence-corrected chi connectivity index (χ2v) is 6.24. The molecular weight excluding hydrogens is 346 g/mol. The van der Waals surface area contributed by atoms with Crippen LogP contribution >= 0.6 is 27.7 Å². The monoisotopic (exact) mass is 359 g/mol. The molecule has 2 atom stereocenters. The maximum Gasteiger partial charge on any atom is 0.327 e. The van der Waals surface area contributed by atoms with Gasteiger partial charge < -0.3 is 15.1 Å². The number of rotatable bonds is 4. The van der Waals surface area contributed by atoms with Gasteiger partial charge in [0.1, 0.15) is 17.2 Å². The minimum atomic E-state index is -1.02. The van der Waals surface area contributed by atoms with Crippen LogP contribution in [0.25, 0.3) is 0 Å². The summed E-state index contributed by atoms with van der Waals surface area (Å²) in [6.07, 6.45) is 0.231. The summed E-state index contributed by atoms with van der Waals surface area (Å²) in [7, 11) is 0. The second kappa shape index (κ2) is 6.49. The number of alkyl halides is 1. The van der Waals surface area contributed by atoms with Crippen molar-refractivity contribution in [3.63, 3.8) is 0 Å². The third-order valence-corrected chi connectivity index (χ3v) is 4.79.